The molecule has 34 heavy (non-hydrogen) atoms. The van der Waals surface area contributed by atoms with Crippen molar-refractivity contribution in [3.8, 4) is 0 Å². The molecule has 1 N–H and O–H groups in total. The van der Waals surface area contributed by atoms with Crippen molar-refractivity contribution in [3.05, 3.63) is 28.7 Å². The Labute approximate surface area is 185 Å². The van der Waals surface area contributed by atoms with Gasteiger partial charge in [-0.25, -0.2) is 8.78 Å². The van der Waals surface area contributed by atoms with Gasteiger partial charge >= 0.3 is 53.8 Å². The number of hydrogen-bond acceptors (Lipinski definition) is 1. The second-order valence-electron chi connectivity index (χ2n) is 6.33. The summed E-state index contributed by atoms with van der Waals surface area (Å²) in [6.07, 6.45) is -5.92. The van der Waals surface area contributed by atoms with Gasteiger partial charge in [0.05, 0.1) is 0 Å². The number of carbonyl (C=O) groups is 1. The van der Waals surface area contributed by atoms with E-state index in [1.807, 2.05) is 0 Å². The lowest BCUT2D eigenvalue weighted by Crippen LogP contribution is -2.74. The third-order valence-corrected chi connectivity index (χ3v) is 4.53. The summed E-state index contributed by atoms with van der Waals surface area (Å²) in [7, 11) is 0. The predicted octanol–water partition coefficient (Wildman–Crippen LogP) is 7.10. The van der Waals surface area contributed by atoms with E-state index in [1.165, 1.54) is 0 Å². The lowest BCUT2D eigenvalue weighted by Gasteiger charge is -2.42. The van der Waals surface area contributed by atoms with Gasteiger partial charge < -0.3 is 5.32 Å². The van der Waals surface area contributed by atoms with Crippen LogP contribution in [0.2, 0.25) is 0 Å². The Hall–Kier alpha value is -1.95. The lowest BCUT2D eigenvalue weighted by atomic mass is 9.89. The molecule has 0 radical (unpaired) electrons. The molecule has 1 amide bonds. The molecule has 0 atom stereocenters. The normalized spacial score (nSPS) is 15.0. The van der Waals surface area contributed by atoms with Crippen molar-refractivity contribution in [2.45, 2.75) is 47.9 Å². The first-order valence-corrected chi connectivity index (χ1v) is 8.63. The average molecular weight is 600 g/mol. The first kappa shape index (κ1) is 30.1. The number of nitrogens with one attached hydrogen (secondary N) is 1. The fraction of sp³-hybridized carbons (Fsp3) is 0.533. The van der Waals surface area contributed by atoms with Gasteiger partial charge in [0.15, 0.2) is 0 Å². The number of anilines is 1. The minimum atomic E-state index is -8.55. The summed E-state index contributed by atoms with van der Waals surface area (Å²) in [5, 5.41) is 0.829. The molecule has 0 spiro atoms. The highest BCUT2D eigenvalue weighted by Crippen LogP contribution is 2.62. The molecule has 2 nitrogen and oxygen atoms in total. The van der Waals surface area contributed by atoms with Gasteiger partial charge in [-0.05, 0) is 18.2 Å². The van der Waals surface area contributed by atoms with Crippen LogP contribution in [0.25, 0.3) is 0 Å². The summed E-state index contributed by atoms with van der Waals surface area (Å²) in [5.41, 5.74) is -0.877. The summed E-state index contributed by atoms with van der Waals surface area (Å²) in [5.74, 6) is -59.7. The Balaban J connectivity index is 3.54. The molecule has 1 rings (SSSR count). The van der Waals surface area contributed by atoms with E-state index in [4.69, 9.17) is 0 Å². The summed E-state index contributed by atoms with van der Waals surface area (Å²) in [6, 6.07) is 3.41. The molecule has 0 aromatic heterocycles. The highest BCUT2D eigenvalue weighted by atomic mass is 79.9. The van der Waals surface area contributed by atoms with E-state index in [2.05, 4.69) is 15.9 Å². The molecule has 0 fully saturated rings. The number of halogens is 17. The zero-order valence-electron chi connectivity index (χ0n) is 15.2. The van der Waals surface area contributed by atoms with Crippen molar-refractivity contribution in [3.63, 3.8) is 0 Å². The van der Waals surface area contributed by atoms with Crippen LogP contribution in [-0.4, -0.2) is 53.8 Å². The molecule has 0 aliphatic rings. The zero-order valence-corrected chi connectivity index (χ0v) is 16.8. The molecule has 0 aliphatic heterocycles. The molecule has 0 aliphatic carbocycles. The second-order valence-corrected chi connectivity index (χ2v) is 7.25. The van der Waals surface area contributed by atoms with Gasteiger partial charge in [-0.15, -0.1) is 0 Å². The van der Waals surface area contributed by atoms with Crippen LogP contribution in [0.3, 0.4) is 0 Å². The fourth-order valence-corrected chi connectivity index (χ4v) is 2.45. The van der Waals surface area contributed by atoms with Crippen LogP contribution >= 0.6 is 15.9 Å². The maximum atomic E-state index is 13.8. The van der Waals surface area contributed by atoms with Gasteiger partial charge in [-0.1, -0.05) is 22.0 Å². The number of hydrogen-bond donors (Lipinski definition) is 1. The third kappa shape index (κ3) is 4.16. The fourth-order valence-electron chi connectivity index (χ4n) is 2.05. The number of alkyl halides is 16. The summed E-state index contributed by atoms with van der Waals surface area (Å²) >= 11 is 2.69. The second kappa shape index (κ2) is 8.61. The van der Waals surface area contributed by atoms with Gasteiger partial charge in [0.1, 0.15) is 0 Å². The molecular formula is C15H6BrF16NO. The molecule has 0 unspecified atom stereocenters. The van der Waals surface area contributed by atoms with Crippen molar-refractivity contribution >= 4 is 27.5 Å². The molecule has 0 saturated heterocycles. The van der Waals surface area contributed by atoms with Gasteiger partial charge in [-0.3, -0.25) is 4.79 Å². The summed E-state index contributed by atoms with van der Waals surface area (Å²) in [6.45, 7) is 0. The smallest absolute Gasteiger partial charge is 0.321 e. The topological polar surface area (TPSA) is 29.1 Å². The van der Waals surface area contributed by atoms with Crippen LogP contribution in [-0.2, 0) is 4.79 Å². The Morgan fingerprint density at radius 2 is 1.12 bits per heavy atom. The minimum Gasteiger partial charge on any atom is -0.321 e. The highest BCUT2D eigenvalue weighted by molar-refractivity contribution is 9.10. The van der Waals surface area contributed by atoms with E-state index in [0.717, 1.165) is 17.4 Å². The minimum absolute atomic E-state index is 0.0564. The number of carbonyl (C=O) groups excluding carboxylic acids is 1. The van der Waals surface area contributed by atoms with Crippen molar-refractivity contribution in [1.82, 2.24) is 0 Å². The van der Waals surface area contributed by atoms with Crippen molar-refractivity contribution in [2.24, 2.45) is 0 Å². The monoisotopic (exact) mass is 599 g/mol. The maximum Gasteiger partial charge on any atom is 0.393 e. The standard InChI is InChI=1S/C15H6BrF16NO/c16-5-2-1-3-6(4-5)33-8(34)10(21,22)12(25,26)14(29,30)15(31,32)13(27,28)11(23,24)9(19,20)7(17)18/h1-4,7H,(H,33,34). The quantitative estimate of drug-likeness (QED) is 0.302. The number of benzene rings is 1. The maximum absolute atomic E-state index is 13.8. The van der Waals surface area contributed by atoms with E-state index in [9.17, 15) is 75.0 Å². The Morgan fingerprint density at radius 1 is 0.706 bits per heavy atom. The Kier molecular flexibility index (Phi) is 7.62. The van der Waals surface area contributed by atoms with Crippen LogP contribution < -0.4 is 5.32 Å². The Morgan fingerprint density at radius 3 is 1.53 bits per heavy atom. The molecular weight excluding hydrogens is 594 g/mol. The van der Waals surface area contributed by atoms with E-state index < -0.39 is 59.5 Å². The van der Waals surface area contributed by atoms with Crippen LogP contribution in [0.4, 0.5) is 75.9 Å². The molecule has 1 aromatic rings. The number of amides is 1. The van der Waals surface area contributed by atoms with Crippen molar-refractivity contribution < 1.29 is 75.0 Å². The van der Waals surface area contributed by atoms with Crippen molar-refractivity contribution in [1.29, 1.82) is 0 Å². The lowest BCUT2D eigenvalue weighted by molar-refractivity contribution is -0.443. The van der Waals surface area contributed by atoms with E-state index >= 15 is 0 Å². The molecule has 196 valence electrons. The third-order valence-electron chi connectivity index (χ3n) is 4.03. The Bertz CT molecular complexity index is 915. The van der Waals surface area contributed by atoms with Crippen LogP contribution in [0.5, 0.6) is 0 Å². The average Bonchev–Trinajstić information content (AvgIpc) is 2.66. The van der Waals surface area contributed by atoms with Crippen LogP contribution in [0.15, 0.2) is 28.7 Å². The predicted molar refractivity (Wildman–Crippen MR) is 83.4 cm³/mol. The first-order chi connectivity index (χ1) is 14.8. The highest BCUT2D eigenvalue weighted by Gasteiger charge is 2.94. The van der Waals surface area contributed by atoms with Crippen molar-refractivity contribution in [2.75, 3.05) is 5.32 Å². The molecule has 19 heteroatoms. The summed E-state index contributed by atoms with van der Waals surface area (Å²) in [4.78, 5) is 11.4. The van der Waals surface area contributed by atoms with E-state index in [1.54, 1.807) is 0 Å². The summed E-state index contributed by atoms with van der Waals surface area (Å²) < 4.78 is 212. The zero-order chi connectivity index (χ0) is 27.3. The number of rotatable bonds is 9. The van der Waals surface area contributed by atoms with Crippen LogP contribution in [0.1, 0.15) is 0 Å². The molecule has 0 heterocycles. The SMILES string of the molecule is O=C(Nc1cccc(Br)c1)C(F)(F)C(F)(F)C(F)(F)C(F)(F)C(F)(F)C(F)(F)C(F)(F)C(F)F. The van der Waals surface area contributed by atoms with Gasteiger partial charge in [-0.2, -0.15) is 61.5 Å². The van der Waals surface area contributed by atoms with Crippen LogP contribution in [0, 0.1) is 0 Å². The molecule has 0 saturated carbocycles. The molecule has 0 bridgehead atoms. The van der Waals surface area contributed by atoms with Gasteiger partial charge in [0, 0.05) is 10.2 Å². The van der Waals surface area contributed by atoms with E-state index in [-0.39, 0.29) is 4.47 Å². The largest absolute Gasteiger partial charge is 0.393 e. The van der Waals surface area contributed by atoms with Gasteiger partial charge in [0.25, 0.3) is 0 Å². The van der Waals surface area contributed by atoms with Gasteiger partial charge in [0.2, 0.25) is 0 Å². The first-order valence-electron chi connectivity index (χ1n) is 7.84. The molecule has 1 aromatic carbocycles. The van der Waals surface area contributed by atoms with E-state index in [0.29, 0.717) is 12.1 Å².